The first-order chi connectivity index (χ1) is 8.83. The van der Waals surface area contributed by atoms with E-state index < -0.39 is 0 Å². The summed E-state index contributed by atoms with van der Waals surface area (Å²) in [4.78, 5) is 2.16. The van der Waals surface area contributed by atoms with Gasteiger partial charge in [0.05, 0.1) is 0 Å². The molecule has 0 amide bonds. The van der Waals surface area contributed by atoms with Gasteiger partial charge < -0.3 is 9.84 Å². The number of benzene rings is 2. The lowest BCUT2D eigenvalue weighted by atomic mass is 10.1. The highest BCUT2D eigenvalue weighted by molar-refractivity contribution is 5.35. The molecule has 0 spiro atoms. The third-order valence-corrected chi connectivity index (χ3v) is 3.15. The average Bonchev–Trinajstić information content (AvgIpc) is 2.41. The minimum absolute atomic E-state index is 0.344. The summed E-state index contributed by atoms with van der Waals surface area (Å²) in [7, 11) is 0. The lowest BCUT2D eigenvalue weighted by Gasteiger charge is -2.29. The molecule has 92 valence electrons. The molecule has 0 saturated carbocycles. The van der Waals surface area contributed by atoms with Crippen LogP contribution in [0, 0.1) is 0 Å². The maximum atomic E-state index is 9.77. The maximum absolute atomic E-state index is 9.77. The number of hydrogen-bond acceptors (Lipinski definition) is 3. The molecule has 0 aromatic heterocycles. The smallest absolute Gasteiger partial charge is 0.142 e. The number of para-hydroxylation sites is 2. The van der Waals surface area contributed by atoms with E-state index in [9.17, 15) is 5.11 Å². The fraction of sp³-hybridized carbons (Fsp3) is 0.200. The Kier molecular flexibility index (Phi) is 2.90. The van der Waals surface area contributed by atoms with Crippen LogP contribution in [-0.4, -0.2) is 16.7 Å². The average molecular weight is 241 g/mol. The molecule has 1 aliphatic rings. The van der Waals surface area contributed by atoms with Crippen molar-refractivity contribution in [2.45, 2.75) is 13.1 Å². The fourth-order valence-corrected chi connectivity index (χ4v) is 2.21. The second-order valence-corrected chi connectivity index (χ2v) is 4.50. The number of nitrogens with zero attached hydrogens (tertiary/aromatic N) is 1. The van der Waals surface area contributed by atoms with Crippen LogP contribution in [0.1, 0.15) is 11.1 Å². The lowest BCUT2D eigenvalue weighted by molar-refractivity contribution is 0.0880. The summed E-state index contributed by atoms with van der Waals surface area (Å²) in [6, 6.07) is 15.5. The van der Waals surface area contributed by atoms with Crippen LogP contribution in [0.15, 0.2) is 48.5 Å². The Hall–Kier alpha value is -2.00. The molecule has 1 aliphatic heterocycles. The summed E-state index contributed by atoms with van der Waals surface area (Å²) < 4.78 is 5.69. The van der Waals surface area contributed by atoms with Crippen molar-refractivity contribution in [1.29, 1.82) is 0 Å². The Labute approximate surface area is 106 Å². The Morgan fingerprint density at radius 3 is 2.72 bits per heavy atom. The largest absolute Gasteiger partial charge is 0.508 e. The van der Waals surface area contributed by atoms with Crippen molar-refractivity contribution >= 4 is 0 Å². The highest BCUT2D eigenvalue weighted by Crippen LogP contribution is 2.26. The highest BCUT2D eigenvalue weighted by atomic mass is 16.5. The van der Waals surface area contributed by atoms with Crippen molar-refractivity contribution in [1.82, 2.24) is 4.90 Å². The minimum atomic E-state index is 0.344. The van der Waals surface area contributed by atoms with Crippen LogP contribution in [-0.2, 0) is 13.1 Å². The van der Waals surface area contributed by atoms with Gasteiger partial charge in [0, 0.05) is 24.2 Å². The normalized spacial score (nSPS) is 14.9. The van der Waals surface area contributed by atoms with Gasteiger partial charge in [-0.15, -0.1) is 0 Å². The van der Waals surface area contributed by atoms with Crippen LogP contribution in [0.2, 0.25) is 0 Å². The van der Waals surface area contributed by atoms with E-state index in [-0.39, 0.29) is 0 Å². The quantitative estimate of drug-likeness (QED) is 0.877. The van der Waals surface area contributed by atoms with Gasteiger partial charge in [0.15, 0.2) is 0 Å². The zero-order valence-corrected chi connectivity index (χ0v) is 10.0. The Balaban J connectivity index is 1.75. The zero-order valence-electron chi connectivity index (χ0n) is 10.0. The van der Waals surface area contributed by atoms with Crippen molar-refractivity contribution < 1.29 is 9.84 Å². The molecule has 1 N–H and O–H groups in total. The van der Waals surface area contributed by atoms with E-state index in [4.69, 9.17) is 4.74 Å². The van der Waals surface area contributed by atoms with E-state index in [1.54, 1.807) is 6.07 Å². The number of ether oxygens (including phenoxy) is 1. The molecular weight excluding hydrogens is 226 g/mol. The van der Waals surface area contributed by atoms with Gasteiger partial charge in [0.2, 0.25) is 0 Å². The van der Waals surface area contributed by atoms with Gasteiger partial charge >= 0.3 is 0 Å². The molecule has 0 bridgehead atoms. The van der Waals surface area contributed by atoms with E-state index >= 15 is 0 Å². The number of rotatable bonds is 2. The van der Waals surface area contributed by atoms with Crippen LogP contribution in [0.5, 0.6) is 11.5 Å². The molecule has 3 rings (SSSR count). The molecular formula is C15H15NO2. The predicted octanol–water partition coefficient (Wildman–Crippen LogP) is 2.74. The molecule has 1 heterocycles. The topological polar surface area (TPSA) is 32.7 Å². The number of phenols is 1. The number of phenolic OH excluding ortho intramolecular Hbond substituents is 1. The molecule has 3 nitrogen and oxygen atoms in total. The van der Waals surface area contributed by atoms with Gasteiger partial charge in [-0.2, -0.15) is 0 Å². The standard InChI is InChI=1S/C15H15NO2/c17-14-7-3-1-5-12(14)9-16-10-13-6-2-4-8-15(13)18-11-16/h1-8,17H,9-11H2. The predicted molar refractivity (Wildman–Crippen MR) is 69.3 cm³/mol. The number of fused-ring (bicyclic) bond motifs is 1. The maximum Gasteiger partial charge on any atom is 0.142 e. The van der Waals surface area contributed by atoms with Gasteiger partial charge in [0.25, 0.3) is 0 Å². The van der Waals surface area contributed by atoms with E-state index in [0.29, 0.717) is 19.0 Å². The molecule has 2 aromatic carbocycles. The van der Waals surface area contributed by atoms with Gasteiger partial charge in [0.1, 0.15) is 18.2 Å². The van der Waals surface area contributed by atoms with Crippen molar-refractivity contribution in [3.05, 3.63) is 59.7 Å². The number of aromatic hydroxyl groups is 1. The van der Waals surface area contributed by atoms with Gasteiger partial charge in [-0.3, -0.25) is 4.90 Å². The van der Waals surface area contributed by atoms with E-state index in [2.05, 4.69) is 11.0 Å². The van der Waals surface area contributed by atoms with Crippen LogP contribution in [0.25, 0.3) is 0 Å². The Morgan fingerprint density at radius 2 is 1.83 bits per heavy atom. The SMILES string of the molecule is Oc1ccccc1CN1COc2ccccc2C1. The summed E-state index contributed by atoms with van der Waals surface area (Å²) in [5, 5.41) is 9.77. The molecule has 3 heteroatoms. The summed E-state index contributed by atoms with van der Waals surface area (Å²) in [5.41, 5.74) is 2.12. The summed E-state index contributed by atoms with van der Waals surface area (Å²) in [6.45, 7) is 2.11. The van der Waals surface area contributed by atoms with Crippen LogP contribution < -0.4 is 4.74 Å². The first kappa shape index (κ1) is 11.1. The van der Waals surface area contributed by atoms with E-state index in [1.807, 2.05) is 36.4 Å². The molecule has 0 unspecified atom stereocenters. The van der Waals surface area contributed by atoms with Gasteiger partial charge in [-0.25, -0.2) is 0 Å². The first-order valence-electron chi connectivity index (χ1n) is 6.03. The summed E-state index contributed by atoms with van der Waals surface area (Å²) >= 11 is 0. The molecule has 18 heavy (non-hydrogen) atoms. The molecule has 0 radical (unpaired) electrons. The summed E-state index contributed by atoms with van der Waals surface area (Å²) in [5.74, 6) is 1.31. The second kappa shape index (κ2) is 4.70. The Morgan fingerprint density at radius 1 is 1.06 bits per heavy atom. The van der Waals surface area contributed by atoms with Crippen LogP contribution in [0.3, 0.4) is 0 Å². The third-order valence-electron chi connectivity index (χ3n) is 3.15. The molecule has 0 atom stereocenters. The van der Waals surface area contributed by atoms with Crippen LogP contribution in [0.4, 0.5) is 0 Å². The van der Waals surface area contributed by atoms with E-state index in [0.717, 1.165) is 17.9 Å². The molecule has 0 saturated heterocycles. The number of hydrogen-bond donors (Lipinski definition) is 1. The fourth-order valence-electron chi connectivity index (χ4n) is 2.21. The molecule has 0 fully saturated rings. The molecule has 0 aliphatic carbocycles. The van der Waals surface area contributed by atoms with E-state index in [1.165, 1.54) is 5.56 Å². The van der Waals surface area contributed by atoms with Crippen molar-refractivity contribution in [2.75, 3.05) is 6.73 Å². The monoisotopic (exact) mass is 241 g/mol. The lowest BCUT2D eigenvalue weighted by Crippen LogP contribution is -2.31. The van der Waals surface area contributed by atoms with Crippen molar-refractivity contribution in [2.24, 2.45) is 0 Å². The first-order valence-corrected chi connectivity index (χ1v) is 6.03. The van der Waals surface area contributed by atoms with Gasteiger partial charge in [-0.1, -0.05) is 36.4 Å². The zero-order chi connectivity index (χ0) is 12.4. The van der Waals surface area contributed by atoms with Gasteiger partial charge in [-0.05, 0) is 12.1 Å². The minimum Gasteiger partial charge on any atom is -0.508 e. The Bertz CT molecular complexity index is 554. The third kappa shape index (κ3) is 2.17. The molecule has 2 aromatic rings. The summed E-state index contributed by atoms with van der Waals surface area (Å²) in [6.07, 6.45) is 0. The van der Waals surface area contributed by atoms with Crippen LogP contribution >= 0.6 is 0 Å². The van der Waals surface area contributed by atoms with Crippen molar-refractivity contribution in [3.63, 3.8) is 0 Å². The van der Waals surface area contributed by atoms with Crippen molar-refractivity contribution in [3.8, 4) is 11.5 Å². The second-order valence-electron chi connectivity index (χ2n) is 4.50. The highest BCUT2D eigenvalue weighted by Gasteiger charge is 2.17.